The number of rotatable bonds is 4. The molecule has 0 radical (unpaired) electrons. The van der Waals surface area contributed by atoms with Gasteiger partial charge in [-0.25, -0.2) is 4.98 Å². The van der Waals surface area contributed by atoms with E-state index in [0.717, 1.165) is 40.1 Å². The first-order valence-corrected chi connectivity index (χ1v) is 10.5. The average molecular weight is 454 g/mol. The Kier molecular flexibility index (Phi) is 3.78. The highest BCUT2D eigenvalue weighted by atomic mass is 79.9. The van der Waals surface area contributed by atoms with E-state index >= 15 is 0 Å². The third-order valence-electron chi connectivity index (χ3n) is 6.05. The number of hydrogen-bond donors (Lipinski definition) is 3. The average Bonchev–Trinajstić information content (AvgIpc) is 3.35. The number of aromatic amines is 1. The van der Waals surface area contributed by atoms with Crippen LogP contribution in [0.1, 0.15) is 12.2 Å². The minimum Gasteiger partial charge on any atom is -0.347 e. The van der Waals surface area contributed by atoms with Gasteiger partial charge in [-0.05, 0) is 46.3 Å². The van der Waals surface area contributed by atoms with Gasteiger partial charge in [0.25, 0.3) is 0 Å². The summed E-state index contributed by atoms with van der Waals surface area (Å²) in [6, 6.07) is 8.31. The Morgan fingerprint density at radius 2 is 2.00 bits per heavy atom. The molecule has 10 heteroatoms. The zero-order valence-electron chi connectivity index (χ0n) is 15.6. The van der Waals surface area contributed by atoms with Crippen molar-refractivity contribution in [2.75, 3.05) is 23.3 Å². The number of hydrogen-bond acceptors (Lipinski definition) is 7. The summed E-state index contributed by atoms with van der Waals surface area (Å²) < 4.78 is 2.55. The van der Waals surface area contributed by atoms with Crippen LogP contribution in [0.4, 0.5) is 11.9 Å². The van der Waals surface area contributed by atoms with E-state index < -0.39 is 0 Å². The first-order valence-electron chi connectivity index (χ1n) is 9.75. The summed E-state index contributed by atoms with van der Waals surface area (Å²) in [6.45, 7) is 2.32. The standard InChI is InChI=1S/C19H20BrN9/c20-12-6-23-29-17(12)26-19(28-8-10-5-11(9-28)16(10)21)27-18(29)22-7-15-24-13-3-1-2-4-14(13)25-15/h1-4,6,10-11,16H,5,7-9,21H2,(H,24,25)(H,22,26,27)/t10-,11+,16?. The number of nitrogens with two attached hydrogens (primary N) is 1. The maximum atomic E-state index is 6.23. The van der Waals surface area contributed by atoms with Gasteiger partial charge >= 0.3 is 0 Å². The lowest BCUT2D eigenvalue weighted by molar-refractivity contribution is 0.115. The van der Waals surface area contributed by atoms with E-state index in [9.17, 15) is 0 Å². The van der Waals surface area contributed by atoms with E-state index in [1.54, 1.807) is 10.7 Å². The summed E-state index contributed by atoms with van der Waals surface area (Å²) in [6.07, 6.45) is 2.96. The van der Waals surface area contributed by atoms with Gasteiger partial charge in [0.1, 0.15) is 5.82 Å². The molecule has 1 aromatic carbocycles. The molecule has 29 heavy (non-hydrogen) atoms. The van der Waals surface area contributed by atoms with Gasteiger partial charge in [-0.1, -0.05) is 12.1 Å². The molecule has 5 heterocycles. The fourth-order valence-corrected chi connectivity index (χ4v) is 4.78. The number of nitrogens with one attached hydrogen (secondary N) is 2. The molecule has 1 aliphatic carbocycles. The Morgan fingerprint density at radius 1 is 1.17 bits per heavy atom. The number of H-pyrrole nitrogens is 1. The zero-order chi connectivity index (χ0) is 19.5. The van der Waals surface area contributed by atoms with Gasteiger partial charge in [0, 0.05) is 19.1 Å². The Morgan fingerprint density at radius 3 is 2.79 bits per heavy atom. The van der Waals surface area contributed by atoms with Crippen molar-refractivity contribution in [3.05, 3.63) is 40.8 Å². The Hall–Kier alpha value is -2.72. The second kappa shape index (κ2) is 6.39. The summed E-state index contributed by atoms with van der Waals surface area (Å²) in [5.41, 5.74) is 8.93. The van der Waals surface area contributed by atoms with Gasteiger partial charge < -0.3 is 20.9 Å². The van der Waals surface area contributed by atoms with Gasteiger partial charge in [-0.2, -0.15) is 19.6 Å². The maximum Gasteiger partial charge on any atom is 0.230 e. The number of para-hydroxylation sites is 2. The van der Waals surface area contributed by atoms with E-state index in [-0.39, 0.29) is 0 Å². The molecule has 1 unspecified atom stereocenters. The first kappa shape index (κ1) is 17.2. The lowest BCUT2D eigenvalue weighted by Gasteiger charge is -2.52. The molecule has 2 saturated heterocycles. The number of aromatic nitrogens is 6. The molecule has 3 aromatic heterocycles. The highest BCUT2D eigenvalue weighted by Gasteiger charge is 2.45. The molecule has 2 bridgehead atoms. The van der Waals surface area contributed by atoms with Crippen LogP contribution in [-0.4, -0.2) is 48.7 Å². The van der Waals surface area contributed by atoms with Gasteiger partial charge in [-0.3, -0.25) is 0 Å². The van der Waals surface area contributed by atoms with Crippen LogP contribution in [0.3, 0.4) is 0 Å². The summed E-state index contributed by atoms with van der Waals surface area (Å²) in [4.78, 5) is 19.7. The topological polar surface area (TPSA) is 113 Å². The van der Waals surface area contributed by atoms with Crippen LogP contribution in [0.15, 0.2) is 34.9 Å². The molecule has 2 aliphatic heterocycles. The van der Waals surface area contributed by atoms with Crippen LogP contribution >= 0.6 is 15.9 Å². The van der Waals surface area contributed by atoms with Crippen LogP contribution in [0.5, 0.6) is 0 Å². The molecule has 3 fully saturated rings. The van der Waals surface area contributed by atoms with Gasteiger partial charge in [0.15, 0.2) is 5.65 Å². The molecular formula is C19H20BrN9. The van der Waals surface area contributed by atoms with Gasteiger partial charge in [0.2, 0.25) is 11.9 Å². The van der Waals surface area contributed by atoms with Crippen LogP contribution in [0, 0.1) is 11.8 Å². The molecule has 1 saturated carbocycles. The molecule has 0 spiro atoms. The molecule has 3 atom stereocenters. The van der Waals surface area contributed by atoms with E-state index in [1.807, 2.05) is 24.3 Å². The third kappa shape index (κ3) is 2.77. The second-order valence-electron chi connectivity index (χ2n) is 7.87. The number of halogens is 1. The second-order valence-corrected chi connectivity index (χ2v) is 8.72. The molecule has 7 rings (SSSR count). The molecular weight excluding hydrogens is 434 g/mol. The smallest absolute Gasteiger partial charge is 0.230 e. The minimum atomic E-state index is 0.322. The number of fused-ring (bicyclic) bond motifs is 4. The summed E-state index contributed by atoms with van der Waals surface area (Å²) in [5, 5.41) is 7.78. The van der Waals surface area contributed by atoms with Crippen LogP contribution < -0.4 is 16.0 Å². The van der Waals surface area contributed by atoms with Crippen LogP contribution in [0.2, 0.25) is 0 Å². The maximum absolute atomic E-state index is 6.23. The first-order chi connectivity index (χ1) is 14.2. The predicted molar refractivity (Wildman–Crippen MR) is 114 cm³/mol. The highest BCUT2D eigenvalue weighted by Crippen LogP contribution is 2.39. The van der Waals surface area contributed by atoms with Crippen molar-refractivity contribution in [3.8, 4) is 0 Å². The van der Waals surface area contributed by atoms with Crippen LogP contribution in [-0.2, 0) is 6.54 Å². The third-order valence-corrected chi connectivity index (χ3v) is 6.61. The van der Waals surface area contributed by atoms with Crippen LogP contribution in [0.25, 0.3) is 16.7 Å². The van der Waals surface area contributed by atoms with Crippen molar-refractivity contribution in [1.82, 2.24) is 29.5 Å². The normalized spacial score (nSPS) is 23.5. The summed E-state index contributed by atoms with van der Waals surface area (Å²) in [5.74, 6) is 3.27. The molecule has 0 amide bonds. The van der Waals surface area contributed by atoms with Gasteiger partial charge in [0.05, 0.1) is 28.2 Å². The largest absolute Gasteiger partial charge is 0.347 e. The zero-order valence-corrected chi connectivity index (χ0v) is 17.2. The van der Waals surface area contributed by atoms with Crippen molar-refractivity contribution >= 4 is 44.5 Å². The van der Waals surface area contributed by atoms with Crippen molar-refractivity contribution in [3.63, 3.8) is 0 Å². The summed E-state index contributed by atoms with van der Waals surface area (Å²) in [7, 11) is 0. The number of anilines is 2. The van der Waals surface area contributed by atoms with E-state index in [2.05, 4.69) is 41.2 Å². The highest BCUT2D eigenvalue weighted by molar-refractivity contribution is 9.10. The number of benzene rings is 1. The van der Waals surface area contributed by atoms with E-state index in [1.165, 1.54) is 6.42 Å². The Balaban J connectivity index is 1.32. The monoisotopic (exact) mass is 453 g/mol. The van der Waals surface area contributed by atoms with Crippen molar-refractivity contribution in [2.45, 2.75) is 19.0 Å². The lowest BCUT2D eigenvalue weighted by Crippen LogP contribution is -2.62. The molecule has 148 valence electrons. The SMILES string of the molecule is NC1[C@@H]2C[C@H]1CN(c1nc(NCc3nc4ccccc4[nH]3)n3ncc(Br)c3n1)C2. The molecule has 9 nitrogen and oxygen atoms in total. The number of nitrogens with zero attached hydrogens (tertiary/aromatic N) is 6. The van der Waals surface area contributed by atoms with E-state index in [0.29, 0.717) is 36.3 Å². The summed E-state index contributed by atoms with van der Waals surface area (Å²) >= 11 is 3.55. The fourth-order valence-electron chi connectivity index (χ4n) is 4.44. The van der Waals surface area contributed by atoms with Gasteiger partial charge in [-0.15, -0.1) is 0 Å². The van der Waals surface area contributed by atoms with E-state index in [4.69, 9.17) is 15.7 Å². The fraction of sp³-hybridized carbons (Fsp3) is 0.368. The Bertz CT molecular complexity index is 1170. The lowest BCUT2D eigenvalue weighted by atomic mass is 9.67. The number of imidazole rings is 1. The molecule has 3 aliphatic rings. The predicted octanol–water partition coefficient (Wildman–Crippen LogP) is 2.16. The van der Waals surface area contributed by atoms with Crippen molar-refractivity contribution in [2.24, 2.45) is 17.6 Å². The van der Waals surface area contributed by atoms with Crippen molar-refractivity contribution in [1.29, 1.82) is 0 Å². The number of piperidine rings is 2. The minimum absolute atomic E-state index is 0.322. The molecule has 4 aromatic rings. The van der Waals surface area contributed by atoms with Crippen molar-refractivity contribution < 1.29 is 0 Å². The Labute approximate surface area is 174 Å². The molecule has 4 N–H and O–H groups in total. The quantitative estimate of drug-likeness (QED) is 0.433.